The molecule has 0 N–H and O–H groups in total. The lowest BCUT2D eigenvalue weighted by Gasteiger charge is -2.09. The van der Waals surface area contributed by atoms with Crippen LogP contribution in [0.15, 0.2) is 76.5 Å². The Bertz CT molecular complexity index is 907. The first-order valence-electron chi connectivity index (χ1n) is 6.66. The molecule has 0 amide bonds. The molecule has 22 heavy (non-hydrogen) atoms. The summed E-state index contributed by atoms with van der Waals surface area (Å²) >= 11 is 0. The fraction of sp³-hybridized carbons (Fsp3) is 0. The van der Waals surface area contributed by atoms with Crippen LogP contribution in [0.2, 0.25) is 0 Å². The molecule has 108 valence electrons. The van der Waals surface area contributed by atoms with Crippen molar-refractivity contribution in [3.63, 3.8) is 0 Å². The van der Waals surface area contributed by atoms with Gasteiger partial charge in [-0.2, -0.15) is 0 Å². The van der Waals surface area contributed by atoms with Crippen molar-refractivity contribution in [1.29, 1.82) is 0 Å². The topological polar surface area (TPSA) is 56.5 Å². The molecule has 4 nitrogen and oxygen atoms in total. The lowest BCUT2D eigenvalue weighted by atomic mass is 10.1. The van der Waals surface area contributed by atoms with Crippen LogP contribution < -0.4 is 10.2 Å². The number of carbonyl (C=O) groups excluding carboxylic acids is 1. The fourth-order valence-corrected chi connectivity index (χ4v) is 2.14. The number of ether oxygens (including phenoxy) is 1. The predicted octanol–water partition coefficient (Wildman–Crippen LogP) is 3.55. The molecular formula is C18H12O4. The van der Waals surface area contributed by atoms with E-state index in [0.29, 0.717) is 16.5 Å². The second-order valence-electron chi connectivity index (χ2n) is 4.58. The van der Waals surface area contributed by atoms with Crippen molar-refractivity contribution in [2.75, 3.05) is 0 Å². The quantitative estimate of drug-likeness (QED) is 0.547. The predicted molar refractivity (Wildman–Crippen MR) is 83.8 cm³/mol. The highest BCUT2D eigenvalue weighted by Crippen LogP contribution is 2.30. The van der Waals surface area contributed by atoms with Crippen LogP contribution >= 0.6 is 0 Å². The summed E-state index contributed by atoms with van der Waals surface area (Å²) in [6.45, 7) is 3.34. The highest BCUT2D eigenvalue weighted by Gasteiger charge is 2.19. The van der Waals surface area contributed by atoms with Gasteiger partial charge in [-0.15, -0.1) is 0 Å². The third-order valence-electron chi connectivity index (χ3n) is 3.16. The smallest absolute Gasteiger partial charge is 0.335 e. The Morgan fingerprint density at radius 2 is 1.73 bits per heavy atom. The zero-order valence-corrected chi connectivity index (χ0v) is 11.6. The second kappa shape index (κ2) is 5.69. The van der Waals surface area contributed by atoms with Crippen molar-refractivity contribution in [3.05, 3.63) is 77.5 Å². The molecule has 0 aliphatic heterocycles. The minimum Gasteiger partial charge on any atom is -0.452 e. The van der Waals surface area contributed by atoms with Crippen LogP contribution in [0.3, 0.4) is 0 Å². The van der Waals surface area contributed by atoms with Crippen LogP contribution in [0.4, 0.5) is 0 Å². The van der Waals surface area contributed by atoms with Crippen molar-refractivity contribution in [1.82, 2.24) is 0 Å². The Morgan fingerprint density at radius 1 is 1.05 bits per heavy atom. The molecule has 0 saturated heterocycles. The van der Waals surface area contributed by atoms with Crippen molar-refractivity contribution >= 4 is 16.9 Å². The maximum Gasteiger partial charge on any atom is 0.335 e. The van der Waals surface area contributed by atoms with Gasteiger partial charge in [0.1, 0.15) is 5.58 Å². The summed E-state index contributed by atoms with van der Waals surface area (Å²) in [4.78, 5) is 24.1. The molecule has 0 aliphatic carbocycles. The third-order valence-corrected chi connectivity index (χ3v) is 3.16. The van der Waals surface area contributed by atoms with Gasteiger partial charge in [0.2, 0.25) is 11.2 Å². The van der Waals surface area contributed by atoms with E-state index in [1.165, 1.54) is 0 Å². The molecular weight excluding hydrogens is 280 g/mol. The molecule has 1 aromatic heterocycles. The number of esters is 1. The van der Waals surface area contributed by atoms with Gasteiger partial charge < -0.3 is 9.15 Å². The summed E-state index contributed by atoms with van der Waals surface area (Å²) in [6.07, 6.45) is 1.00. The monoisotopic (exact) mass is 292 g/mol. The summed E-state index contributed by atoms with van der Waals surface area (Å²) in [5.74, 6) is -0.617. The molecule has 0 saturated carbocycles. The zero-order valence-electron chi connectivity index (χ0n) is 11.6. The van der Waals surface area contributed by atoms with Crippen LogP contribution in [0.1, 0.15) is 0 Å². The first-order valence-corrected chi connectivity index (χ1v) is 6.66. The number of carbonyl (C=O) groups is 1. The van der Waals surface area contributed by atoms with Gasteiger partial charge in [0.05, 0.1) is 5.39 Å². The SMILES string of the molecule is C=CC(=O)Oc1c(-c2ccccc2)oc2ccccc2c1=O. The van der Waals surface area contributed by atoms with Crippen molar-refractivity contribution in [3.8, 4) is 17.1 Å². The van der Waals surface area contributed by atoms with Crippen LogP contribution in [-0.2, 0) is 4.79 Å². The van der Waals surface area contributed by atoms with E-state index in [2.05, 4.69) is 6.58 Å². The third kappa shape index (κ3) is 2.42. The number of para-hydroxylation sites is 1. The van der Waals surface area contributed by atoms with E-state index in [9.17, 15) is 9.59 Å². The van der Waals surface area contributed by atoms with Gasteiger partial charge in [0, 0.05) is 11.6 Å². The summed E-state index contributed by atoms with van der Waals surface area (Å²) in [5.41, 5.74) is 0.692. The number of hydrogen-bond acceptors (Lipinski definition) is 4. The molecule has 3 aromatic rings. The minimum absolute atomic E-state index is 0.130. The van der Waals surface area contributed by atoms with Crippen LogP contribution in [-0.4, -0.2) is 5.97 Å². The van der Waals surface area contributed by atoms with Gasteiger partial charge in [-0.05, 0) is 12.1 Å². The first-order chi connectivity index (χ1) is 10.7. The van der Waals surface area contributed by atoms with E-state index < -0.39 is 11.4 Å². The normalized spacial score (nSPS) is 10.4. The lowest BCUT2D eigenvalue weighted by molar-refractivity contribution is -0.129. The largest absolute Gasteiger partial charge is 0.452 e. The van der Waals surface area contributed by atoms with Gasteiger partial charge >= 0.3 is 5.97 Å². The fourth-order valence-electron chi connectivity index (χ4n) is 2.14. The molecule has 0 atom stereocenters. The minimum atomic E-state index is -0.709. The lowest BCUT2D eigenvalue weighted by Crippen LogP contribution is -2.14. The van der Waals surface area contributed by atoms with E-state index in [1.807, 2.05) is 18.2 Å². The van der Waals surface area contributed by atoms with E-state index in [1.54, 1.807) is 36.4 Å². The van der Waals surface area contributed by atoms with Gasteiger partial charge in [-0.25, -0.2) is 4.79 Å². The summed E-state index contributed by atoms with van der Waals surface area (Å²) in [7, 11) is 0. The van der Waals surface area contributed by atoms with Gasteiger partial charge in [0.15, 0.2) is 5.76 Å². The number of rotatable bonds is 3. The van der Waals surface area contributed by atoms with Crippen LogP contribution in [0.5, 0.6) is 5.75 Å². The van der Waals surface area contributed by atoms with Crippen molar-refractivity contribution in [2.24, 2.45) is 0 Å². The standard InChI is InChI=1S/C18H12O4/c1-2-15(19)22-18-16(20)13-10-6-7-11-14(13)21-17(18)12-8-4-3-5-9-12/h2-11H,1H2. The molecule has 0 bridgehead atoms. The summed E-state index contributed by atoms with van der Waals surface area (Å²) in [5, 5.41) is 0.356. The van der Waals surface area contributed by atoms with Gasteiger partial charge in [-0.1, -0.05) is 49.0 Å². The Labute approximate surface area is 126 Å². The number of hydrogen-bond donors (Lipinski definition) is 0. The number of fused-ring (bicyclic) bond motifs is 1. The first kappa shape index (κ1) is 13.8. The molecule has 4 heteroatoms. The average Bonchev–Trinajstić information content (AvgIpc) is 2.58. The molecule has 3 rings (SSSR count). The Hall–Kier alpha value is -3.14. The highest BCUT2D eigenvalue weighted by atomic mass is 16.5. The molecule has 0 fully saturated rings. The van der Waals surface area contributed by atoms with E-state index in [0.717, 1.165) is 6.08 Å². The number of benzene rings is 2. The van der Waals surface area contributed by atoms with Crippen LogP contribution in [0.25, 0.3) is 22.3 Å². The Balaban J connectivity index is 2.33. The second-order valence-corrected chi connectivity index (χ2v) is 4.58. The zero-order chi connectivity index (χ0) is 15.5. The molecule has 2 aromatic carbocycles. The van der Waals surface area contributed by atoms with Crippen molar-refractivity contribution in [2.45, 2.75) is 0 Å². The molecule has 0 unspecified atom stereocenters. The maximum absolute atomic E-state index is 12.6. The van der Waals surface area contributed by atoms with Gasteiger partial charge in [0.25, 0.3) is 0 Å². The van der Waals surface area contributed by atoms with E-state index in [4.69, 9.17) is 9.15 Å². The summed E-state index contributed by atoms with van der Waals surface area (Å²) in [6, 6.07) is 15.8. The Kier molecular flexibility index (Phi) is 3.58. The Morgan fingerprint density at radius 3 is 2.45 bits per heavy atom. The molecule has 0 radical (unpaired) electrons. The van der Waals surface area contributed by atoms with E-state index in [-0.39, 0.29) is 11.5 Å². The highest BCUT2D eigenvalue weighted by molar-refractivity contribution is 5.87. The van der Waals surface area contributed by atoms with Gasteiger partial charge in [-0.3, -0.25) is 4.79 Å². The van der Waals surface area contributed by atoms with Crippen molar-refractivity contribution < 1.29 is 13.9 Å². The van der Waals surface area contributed by atoms with Crippen LogP contribution in [0, 0.1) is 0 Å². The average molecular weight is 292 g/mol. The molecule has 0 aliphatic rings. The molecule has 0 spiro atoms. The maximum atomic E-state index is 12.6. The summed E-state index contributed by atoms with van der Waals surface area (Å²) < 4.78 is 10.9. The van der Waals surface area contributed by atoms with E-state index >= 15 is 0 Å². The molecule has 1 heterocycles.